The van der Waals surface area contributed by atoms with E-state index in [1.807, 2.05) is 18.2 Å². The summed E-state index contributed by atoms with van der Waals surface area (Å²) in [5, 5.41) is 9.27. The summed E-state index contributed by atoms with van der Waals surface area (Å²) < 4.78 is 6.08. The van der Waals surface area contributed by atoms with E-state index < -0.39 is 0 Å². The Kier molecular flexibility index (Phi) is 8.52. The fraction of sp³-hybridized carbons (Fsp3) is 0.391. The molecular formula is C23H32N4O2. The second kappa shape index (κ2) is 11.1. The highest BCUT2D eigenvalue weighted by Crippen LogP contribution is 2.22. The number of hydrogen-bond acceptors (Lipinski definition) is 3. The van der Waals surface area contributed by atoms with E-state index in [4.69, 9.17) is 4.74 Å². The molecule has 6 heteroatoms. The molecule has 3 N–H and O–H groups in total. The van der Waals surface area contributed by atoms with Crippen molar-refractivity contribution in [1.82, 2.24) is 16.0 Å². The molecule has 0 bridgehead atoms. The predicted molar refractivity (Wildman–Crippen MR) is 118 cm³/mol. The molecule has 0 saturated heterocycles. The molecule has 2 aromatic rings. The number of hydrogen-bond donors (Lipinski definition) is 3. The Morgan fingerprint density at radius 2 is 1.90 bits per heavy atom. The molecule has 29 heavy (non-hydrogen) atoms. The number of benzene rings is 2. The lowest BCUT2D eigenvalue weighted by Crippen LogP contribution is -2.36. The molecule has 0 fully saturated rings. The van der Waals surface area contributed by atoms with Gasteiger partial charge in [-0.3, -0.25) is 9.79 Å². The summed E-state index contributed by atoms with van der Waals surface area (Å²) in [5.41, 5.74) is 3.90. The van der Waals surface area contributed by atoms with Crippen molar-refractivity contribution in [2.45, 2.75) is 46.4 Å². The zero-order chi connectivity index (χ0) is 21.2. The average Bonchev–Trinajstić information content (AvgIpc) is 2.74. The quantitative estimate of drug-likeness (QED) is 0.472. The third-order valence-electron chi connectivity index (χ3n) is 4.67. The number of carbonyl (C=O) groups is 1. The van der Waals surface area contributed by atoms with Crippen molar-refractivity contribution in [3.63, 3.8) is 0 Å². The zero-order valence-electron chi connectivity index (χ0n) is 18.0. The molecule has 0 aliphatic rings. The van der Waals surface area contributed by atoms with Crippen molar-refractivity contribution in [2.75, 3.05) is 14.1 Å². The molecule has 156 valence electrons. The van der Waals surface area contributed by atoms with Crippen LogP contribution in [0.5, 0.6) is 5.75 Å². The molecule has 0 aliphatic heterocycles. The van der Waals surface area contributed by atoms with Crippen LogP contribution in [0.15, 0.2) is 47.5 Å². The van der Waals surface area contributed by atoms with Gasteiger partial charge >= 0.3 is 0 Å². The van der Waals surface area contributed by atoms with Crippen molar-refractivity contribution >= 4 is 11.9 Å². The molecule has 0 spiro atoms. The molecule has 6 nitrogen and oxygen atoms in total. The van der Waals surface area contributed by atoms with Gasteiger partial charge in [0.2, 0.25) is 0 Å². The lowest BCUT2D eigenvalue weighted by molar-refractivity contribution is 0.0963. The zero-order valence-corrected chi connectivity index (χ0v) is 18.0. The van der Waals surface area contributed by atoms with Crippen LogP contribution < -0.4 is 20.7 Å². The average molecular weight is 397 g/mol. The first kappa shape index (κ1) is 22.3. The second-order valence-corrected chi connectivity index (χ2v) is 7.01. The smallest absolute Gasteiger partial charge is 0.251 e. The van der Waals surface area contributed by atoms with E-state index in [2.05, 4.69) is 59.9 Å². The fourth-order valence-electron chi connectivity index (χ4n) is 2.77. The monoisotopic (exact) mass is 396 g/mol. The summed E-state index contributed by atoms with van der Waals surface area (Å²) in [5.74, 6) is 1.49. The maximum atomic E-state index is 11.8. The molecule has 2 aromatic carbocycles. The minimum atomic E-state index is -0.0948. The van der Waals surface area contributed by atoms with Gasteiger partial charge in [0, 0.05) is 38.3 Å². The molecule has 1 atom stereocenters. The number of aryl methyl sites for hydroxylation is 1. The fourth-order valence-corrected chi connectivity index (χ4v) is 2.77. The molecule has 0 saturated carbocycles. The maximum Gasteiger partial charge on any atom is 0.251 e. The van der Waals surface area contributed by atoms with Gasteiger partial charge in [0.05, 0.1) is 6.10 Å². The lowest BCUT2D eigenvalue weighted by Gasteiger charge is -2.18. The number of rotatable bonds is 8. The van der Waals surface area contributed by atoms with E-state index >= 15 is 0 Å². The van der Waals surface area contributed by atoms with E-state index in [9.17, 15) is 4.79 Å². The maximum absolute atomic E-state index is 11.8. The van der Waals surface area contributed by atoms with Gasteiger partial charge in [0.1, 0.15) is 5.75 Å². The van der Waals surface area contributed by atoms with Gasteiger partial charge in [-0.25, -0.2) is 0 Å². The topological polar surface area (TPSA) is 74.8 Å². The van der Waals surface area contributed by atoms with Gasteiger partial charge in [-0.2, -0.15) is 0 Å². The minimum absolute atomic E-state index is 0.0948. The lowest BCUT2D eigenvalue weighted by atomic mass is 10.1. The van der Waals surface area contributed by atoms with Crippen LogP contribution in [0.25, 0.3) is 0 Å². The van der Waals surface area contributed by atoms with Crippen molar-refractivity contribution in [1.29, 1.82) is 0 Å². The Morgan fingerprint density at radius 3 is 2.59 bits per heavy atom. The Balaban J connectivity index is 1.99. The summed E-state index contributed by atoms with van der Waals surface area (Å²) in [7, 11) is 3.37. The van der Waals surface area contributed by atoms with E-state index in [-0.39, 0.29) is 12.0 Å². The Hall–Kier alpha value is -3.02. The summed E-state index contributed by atoms with van der Waals surface area (Å²) in [6.45, 7) is 7.42. The highest BCUT2D eigenvalue weighted by molar-refractivity contribution is 5.94. The first-order chi connectivity index (χ1) is 14.0. The second-order valence-electron chi connectivity index (χ2n) is 7.01. The van der Waals surface area contributed by atoms with Crippen LogP contribution in [-0.4, -0.2) is 32.1 Å². The van der Waals surface area contributed by atoms with Gasteiger partial charge in [-0.05, 0) is 49.6 Å². The van der Waals surface area contributed by atoms with Gasteiger partial charge in [-0.1, -0.05) is 31.2 Å². The van der Waals surface area contributed by atoms with Crippen molar-refractivity contribution in [3.05, 3.63) is 64.7 Å². The van der Waals surface area contributed by atoms with E-state index in [0.29, 0.717) is 24.6 Å². The van der Waals surface area contributed by atoms with Gasteiger partial charge < -0.3 is 20.7 Å². The Morgan fingerprint density at radius 1 is 1.14 bits per heavy atom. The third kappa shape index (κ3) is 6.82. The Labute approximate surface area is 173 Å². The van der Waals surface area contributed by atoms with Crippen LogP contribution in [0.2, 0.25) is 0 Å². The number of nitrogens with zero attached hydrogens (tertiary/aromatic N) is 1. The summed E-state index contributed by atoms with van der Waals surface area (Å²) in [4.78, 5) is 16.1. The van der Waals surface area contributed by atoms with Crippen LogP contribution in [0.3, 0.4) is 0 Å². The Bertz CT molecular complexity index is 849. The molecular weight excluding hydrogens is 364 g/mol. The number of amides is 1. The van der Waals surface area contributed by atoms with Gasteiger partial charge in [-0.15, -0.1) is 0 Å². The van der Waals surface area contributed by atoms with Crippen molar-refractivity contribution in [2.24, 2.45) is 4.99 Å². The van der Waals surface area contributed by atoms with Crippen molar-refractivity contribution < 1.29 is 9.53 Å². The van der Waals surface area contributed by atoms with E-state index in [0.717, 1.165) is 23.3 Å². The number of guanidine groups is 1. The number of carbonyl (C=O) groups excluding carboxylic acids is 1. The van der Waals surface area contributed by atoms with Crippen LogP contribution in [0.4, 0.5) is 0 Å². The van der Waals surface area contributed by atoms with Crippen LogP contribution in [-0.2, 0) is 13.1 Å². The van der Waals surface area contributed by atoms with Gasteiger partial charge in [0.25, 0.3) is 5.91 Å². The number of ether oxygens (including phenoxy) is 1. The largest absolute Gasteiger partial charge is 0.490 e. The molecule has 0 aromatic heterocycles. The summed E-state index contributed by atoms with van der Waals surface area (Å²) >= 11 is 0. The molecule has 2 rings (SSSR count). The minimum Gasteiger partial charge on any atom is -0.490 e. The highest BCUT2D eigenvalue weighted by Gasteiger charge is 2.09. The summed E-state index contributed by atoms with van der Waals surface area (Å²) in [6, 6.07) is 13.8. The first-order valence-corrected chi connectivity index (χ1v) is 9.98. The normalized spacial score (nSPS) is 12.2. The van der Waals surface area contributed by atoms with Crippen molar-refractivity contribution in [3.8, 4) is 5.75 Å². The molecule has 0 heterocycles. The third-order valence-corrected chi connectivity index (χ3v) is 4.67. The predicted octanol–water partition coefficient (Wildman–Crippen LogP) is 3.40. The van der Waals surface area contributed by atoms with E-state index in [1.54, 1.807) is 20.2 Å². The number of nitrogens with one attached hydrogen (secondary N) is 3. The summed E-state index contributed by atoms with van der Waals surface area (Å²) in [6.07, 6.45) is 1.12. The molecule has 0 aliphatic carbocycles. The molecule has 1 amide bonds. The van der Waals surface area contributed by atoms with Crippen LogP contribution in [0, 0.1) is 6.92 Å². The molecule has 0 radical (unpaired) electrons. The number of aliphatic imine (C=N–C) groups is 1. The van der Waals surface area contributed by atoms with Crippen LogP contribution in [0.1, 0.15) is 47.3 Å². The van der Waals surface area contributed by atoms with Gasteiger partial charge in [0.15, 0.2) is 5.96 Å². The van der Waals surface area contributed by atoms with Crippen LogP contribution >= 0.6 is 0 Å². The highest BCUT2D eigenvalue weighted by atomic mass is 16.5. The standard InChI is InChI=1S/C23H32N4O2/c1-6-17(3)29-21-12-16(2)10-11-20(21)15-27-23(25-5)26-14-18-8-7-9-19(13-18)22(28)24-4/h7-13,17H,6,14-15H2,1-5H3,(H,24,28)(H2,25,26,27). The first-order valence-electron chi connectivity index (χ1n) is 9.98. The van der Waals surface area contributed by atoms with E-state index in [1.165, 1.54) is 5.56 Å². The SMILES string of the molecule is CCC(C)Oc1cc(C)ccc1CNC(=NC)NCc1cccc(C(=O)NC)c1. The molecule has 1 unspecified atom stereocenters.